The zero-order valence-electron chi connectivity index (χ0n) is 9.50. The van der Waals surface area contributed by atoms with Crippen molar-refractivity contribution in [2.24, 2.45) is 5.92 Å². The normalized spacial score (nSPS) is 11.8. The highest BCUT2D eigenvalue weighted by molar-refractivity contribution is 7.92. The average molecular weight is 281 g/mol. The number of sulfonamides is 1. The lowest BCUT2D eigenvalue weighted by atomic mass is 10.3. The monoisotopic (exact) mass is 280 g/mol. The molecule has 0 atom stereocenters. The van der Waals surface area contributed by atoms with Gasteiger partial charge in [0.2, 0.25) is 10.0 Å². The van der Waals surface area contributed by atoms with Gasteiger partial charge in [-0.15, -0.1) is 0 Å². The highest BCUT2D eigenvalue weighted by Gasteiger charge is 2.17. The fourth-order valence-corrected chi connectivity index (χ4v) is 2.90. The van der Waals surface area contributed by atoms with Gasteiger partial charge in [0, 0.05) is 0 Å². The van der Waals surface area contributed by atoms with Crippen LogP contribution in [0, 0.1) is 11.7 Å². The zero-order valence-corrected chi connectivity index (χ0v) is 11.1. The summed E-state index contributed by atoms with van der Waals surface area (Å²) in [6, 6.07) is 2.58. The minimum Gasteiger partial charge on any atom is -0.395 e. The number of hydrogen-bond donors (Lipinski definition) is 2. The van der Waals surface area contributed by atoms with Gasteiger partial charge in [-0.05, 0) is 18.1 Å². The Kier molecular flexibility index (Phi) is 4.21. The summed E-state index contributed by atoms with van der Waals surface area (Å²) in [6.45, 7) is 3.51. The lowest BCUT2D eigenvalue weighted by Crippen LogP contribution is -2.20. The number of rotatable bonds is 4. The van der Waals surface area contributed by atoms with Crippen molar-refractivity contribution < 1.29 is 12.8 Å². The summed E-state index contributed by atoms with van der Waals surface area (Å²) in [5.41, 5.74) is 4.91. The Morgan fingerprint density at radius 1 is 1.47 bits per heavy atom. The van der Waals surface area contributed by atoms with Crippen molar-refractivity contribution in [2.45, 2.75) is 13.8 Å². The molecule has 0 aliphatic rings. The van der Waals surface area contributed by atoms with E-state index in [1.54, 1.807) is 13.8 Å². The molecule has 96 valence electrons. The van der Waals surface area contributed by atoms with Gasteiger partial charge >= 0.3 is 0 Å². The van der Waals surface area contributed by atoms with Crippen LogP contribution in [0.3, 0.4) is 0 Å². The first-order valence-electron chi connectivity index (χ1n) is 4.97. The highest BCUT2D eigenvalue weighted by atomic mass is 35.5. The Labute approximate surface area is 105 Å². The Hall–Kier alpha value is -1.01. The number of anilines is 2. The molecular formula is C10H14ClFN2O2S. The molecule has 0 radical (unpaired) electrons. The van der Waals surface area contributed by atoms with Crippen molar-refractivity contribution in [3.8, 4) is 0 Å². The van der Waals surface area contributed by atoms with Crippen molar-refractivity contribution in [3.63, 3.8) is 0 Å². The molecule has 17 heavy (non-hydrogen) atoms. The Morgan fingerprint density at radius 2 is 2.06 bits per heavy atom. The molecule has 0 unspecified atom stereocenters. The van der Waals surface area contributed by atoms with Crippen molar-refractivity contribution in [1.82, 2.24) is 0 Å². The summed E-state index contributed by atoms with van der Waals surface area (Å²) in [4.78, 5) is 0. The predicted molar refractivity (Wildman–Crippen MR) is 68.1 cm³/mol. The van der Waals surface area contributed by atoms with E-state index in [0.717, 1.165) is 0 Å². The molecule has 0 aliphatic carbocycles. The molecule has 0 spiro atoms. The van der Waals surface area contributed by atoms with Crippen LogP contribution < -0.4 is 10.5 Å². The van der Waals surface area contributed by atoms with E-state index in [1.165, 1.54) is 12.1 Å². The largest absolute Gasteiger partial charge is 0.395 e. The third-order valence-corrected chi connectivity index (χ3v) is 3.91. The summed E-state index contributed by atoms with van der Waals surface area (Å²) >= 11 is 5.60. The molecule has 1 aromatic rings. The van der Waals surface area contributed by atoms with Gasteiger partial charge in [0.25, 0.3) is 0 Å². The maximum absolute atomic E-state index is 13.6. The van der Waals surface area contributed by atoms with Gasteiger partial charge in [-0.1, -0.05) is 25.4 Å². The number of benzene rings is 1. The van der Waals surface area contributed by atoms with E-state index in [-0.39, 0.29) is 28.1 Å². The summed E-state index contributed by atoms with van der Waals surface area (Å²) in [7, 11) is -3.57. The molecule has 0 saturated carbocycles. The Bertz CT molecular complexity index is 517. The molecule has 3 N–H and O–H groups in total. The third-order valence-electron chi connectivity index (χ3n) is 1.94. The van der Waals surface area contributed by atoms with Gasteiger partial charge < -0.3 is 5.73 Å². The second kappa shape index (κ2) is 5.10. The summed E-state index contributed by atoms with van der Waals surface area (Å²) < 4.78 is 39.0. The summed E-state index contributed by atoms with van der Waals surface area (Å²) in [5, 5.41) is 0.0503. The van der Waals surface area contributed by atoms with Gasteiger partial charge in [0.05, 0.1) is 22.2 Å². The predicted octanol–water partition coefficient (Wildman–Crippen LogP) is 2.46. The van der Waals surface area contributed by atoms with Crippen LogP contribution in [0.2, 0.25) is 5.02 Å². The van der Waals surface area contributed by atoms with E-state index in [9.17, 15) is 12.8 Å². The molecular weight excluding hydrogens is 267 g/mol. The highest BCUT2D eigenvalue weighted by Crippen LogP contribution is 2.28. The molecule has 0 saturated heterocycles. The number of nitrogen functional groups attached to an aromatic ring is 1. The van der Waals surface area contributed by atoms with E-state index >= 15 is 0 Å². The van der Waals surface area contributed by atoms with Crippen LogP contribution in [0.5, 0.6) is 0 Å². The number of nitrogens with two attached hydrogens (primary N) is 1. The second-order valence-corrected chi connectivity index (χ2v) is 6.27. The van der Waals surface area contributed by atoms with E-state index in [4.69, 9.17) is 17.3 Å². The number of hydrogen-bond acceptors (Lipinski definition) is 3. The Morgan fingerprint density at radius 3 is 2.59 bits per heavy atom. The summed E-state index contributed by atoms with van der Waals surface area (Å²) in [6.07, 6.45) is 0. The van der Waals surface area contributed by atoms with E-state index in [0.29, 0.717) is 0 Å². The second-order valence-electron chi connectivity index (χ2n) is 4.10. The first-order chi connectivity index (χ1) is 7.73. The molecule has 4 nitrogen and oxygen atoms in total. The van der Waals surface area contributed by atoms with E-state index < -0.39 is 15.8 Å². The molecule has 0 aromatic heterocycles. The van der Waals surface area contributed by atoms with Gasteiger partial charge in [-0.25, -0.2) is 12.8 Å². The molecule has 0 fully saturated rings. The van der Waals surface area contributed by atoms with Crippen molar-refractivity contribution in [1.29, 1.82) is 0 Å². The maximum Gasteiger partial charge on any atom is 0.233 e. The van der Waals surface area contributed by atoms with Gasteiger partial charge in [-0.3, -0.25) is 4.72 Å². The van der Waals surface area contributed by atoms with Crippen LogP contribution in [-0.2, 0) is 10.0 Å². The maximum atomic E-state index is 13.6. The van der Waals surface area contributed by atoms with Gasteiger partial charge in [-0.2, -0.15) is 0 Å². The van der Waals surface area contributed by atoms with Crippen molar-refractivity contribution in [3.05, 3.63) is 23.0 Å². The van der Waals surface area contributed by atoms with Crippen LogP contribution >= 0.6 is 11.6 Å². The lowest BCUT2D eigenvalue weighted by molar-refractivity contribution is 0.586. The first kappa shape index (κ1) is 14.1. The smallest absolute Gasteiger partial charge is 0.233 e. The fraction of sp³-hybridized carbons (Fsp3) is 0.400. The van der Waals surface area contributed by atoms with Crippen LogP contribution in [0.4, 0.5) is 15.8 Å². The van der Waals surface area contributed by atoms with Crippen LogP contribution in [0.1, 0.15) is 13.8 Å². The van der Waals surface area contributed by atoms with E-state index in [2.05, 4.69) is 4.72 Å². The van der Waals surface area contributed by atoms with Crippen molar-refractivity contribution in [2.75, 3.05) is 16.2 Å². The molecule has 7 heteroatoms. The molecule has 0 bridgehead atoms. The topological polar surface area (TPSA) is 72.2 Å². The fourth-order valence-electron chi connectivity index (χ4n) is 1.30. The van der Waals surface area contributed by atoms with Gasteiger partial charge in [0.15, 0.2) is 5.82 Å². The molecule has 0 aliphatic heterocycles. The van der Waals surface area contributed by atoms with Crippen LogP contribution in [0.15, 0.2) is 12.1 Å². The van der Waals surface area contributed by atoms with Crippen molar-refractivity contribution >= 4 is 33.0 Å². The molecule has 0 heterocycles. The SMILES string of the molecule is CC(C)CS(=O)(=O)Nc1ccc(Cl)c(N)c1F. The minimum absolute atomic E-state index is 0.0503. The van der Waals surface area contributed by atoms with Gasteiger partial charge in [0.1, 0.15) is 0 Å². The third kappa shape index (κ3) is 3.74. The number of nitrogens with one attached hydrogen (secondary N) is 1. The molecule has 1 rings (SSSR count). The number of halogens is 2. The molecule has 0 amide bonds. The quantitative estimate of drug-likeness (QED) is 0.832. The standard InChI is InChI=1S/C10H14ClFN2O2S/c1-6(2)5-17(15,16)14-8-4-3-7(11)10(13)9(8)12/h3-4,6,14H,5,13H2,1-2H3. The minimum atomic E-state index is -3.57. The van der Waals surface area contributed by atoms with Crippen LogP contribution in [-0.4, -0.2) is 14.2 Å². The lowest BCUT2D eigenvalue weighted by Gasteiger charge is -2.12. The first-order valence-corrected chi connectivity index (χ1v) is 7.00. The Balaban J connectivity index is 3.01. The zero-order chi connectivity index (χ0) is 13.2. The van der Waals surface area contributed by atoms with Crippen LogP contribution in [0.25, 0.3) is 0 Å². The average Bonchev–Trinajstić information content (AvgIpc) is 2.17. The van der Waals surface area contributed by atoms with E-state index in [1.807, 2.05) is 0 Å². The summed E-state index contributed by atoms with van der Waals surface area (Å²) in [5.74, 6) is -1.00. The molecule has 1 aromatic carbocycles.